The molecule has 0 atom stereocenters. The summed E-state index contributed by atoms with van der Waals surface area (Å²) in [5, 5.41) is 33.9. The summed E-state index contributed by atoms with van der Waals surface area (Å²) in [7, 11) is 0. The zero-order valence-electron chi connectivity index (χ0n) is 12.8. The lowest BCUT2D eigenvalue weighted by Crippen LogP contribution is -2.24. The number of ether oxygens (including phenoxy) is 1. The molecule has 0 aliphatic rings. The predicted molar refractivity (Wildman–Crippen MR) is 99.5 cm³/mol. The van der Waals surface area contributed by atoms with Gasteiger partial charge in [0.2, 0.25) is 0 Å². The lowest BCUT2D eigenvalue weighted by molar-refractivity contribution is -0.384. The molecule has 0 bridgehead atoms. The third-order valence-electron chi connectivity index (χ3n) is 2.99. The molecule has 136 valence electrons. The first-order valence-electron chi connectivity index (χ1n) is 6.88. The Balaban J connectivity index is 1.94. The minimum absolute atomic E-state index is 0.0775. The Morgan fingerprint density at radius 1 is 1.31 bits per heavy atom. The van der Waals surface area contributed by atoms with Crippen molar-refractivity contribution in [2.75, 3.05) is 6.61 Å². The van der Waals surface area contributed by atoms with Crippen molar-refractivity contribution in [2.45, 2.75) is 0 Å². The topological polar surface area (TPSA) is 134 Å². The zero-order chi connectivity index (χ0) is 19.3. The van der Waals surface area contributed by atoms with E-state index >= 15 is 0 Å². The van der Waals surface area contributed by atoms with Crippen LogP contribution >= 0.6 is 31.9 Å². The van der Waals surface area contributed by atoms with Crippen molar-refractivity contribution in [1.29, 1.82) is 0 Å². The highest BCUT2D eigenvalue weighted by Gasteiger charge is 2.13. The Morgan fingerprint density at radius 2 is 2.04 bits per heavy atom. The van der Waals surface area contributed by atoms with Crippen LogP contribution in [0.4, 0.5) is 5.69 Å². The Bertz CT molecular complexity index is 888. The molecule has 0 saturated carbocycles. The number of nitro benzene ring substituents is 1. The van der Waals surface area contributed by atoms with E-state index in [4.69, 9.17) is 4.74 Å². The number of halogens is 2. The summed E-state index contributed by atoms with van der Waals surface area (Å²) in [5.74, 6) is -0.864. The van der Waals surface area contributed by atoms with Crippen LogP contribution < -0.4 is 10.2 Å². The van der Waals surface area contributed by atoms with Crippen LogP contribution in [0, 0.1) is 10.1 Å². The molecule has 0 aromatic heterocycles. The Kier molecular flexibility index (Phi) is 6.52. The van der Waals surface area contributed by atoms with Gasteiger partial charge in [0.25, 0.3) is 11.6 Å². The van der Waals surface area contributed by atoms with Crippen molar-refractivity contribution in [3.05, 3.63) is 55.0 Å². The van der Waals surface area contributed by atoms with Crippen molar-refractivity contribution in [1.82, 2.24) is 5.43 Å². The molecule has 2 rings (SSSR count). The van der Waals surface area contributed by atoms with Gasteiger partial charge in [-0.15, -0.1) is 0 Å². The number of phenols is 2. The summed E-state index contributed by atoms with van der Waals surface area (Å²) in [5.41, 5.74) is 2.27. The average Bonchev–Trinajstić information content (AvgIpc) is 2.62. The number of benzene rings is 2. The third kappa shape index (κ3) is 4.92. The maximum atomic E-state index is 11.7. The number of nitrogens with one attached hydrogen (secondary N) is 1. The van der Waals surface area contributed by atoms with Gasteiger partial charge in [-0.1, -0.05) is 6.07 Å². The van der Waals surface area contributed by atoms with Gasteiger partial charge in [-0.3, -0.25) is 14.9 Å². The maximum Gasteiger partial charge on any atom is 0.277 e. The van der Waals surface area contributed by atoms with E-state index in [1.807, 2.05) is 0 Å². The Morgan fingerprint density at radius 3 is 2.73 bits per heavy atom. The maximum absolute atomic E-state index is 11.7. The first-order chi connectivity index (χ1) is 12.3. The molecule has 0 heterocycles. The van der Waals surface area contributed by atoms with E-state index in [0.717, 1.165) is 0 Å². The minimum atomic E-state index is -0.607. The molecule has 0 radical (unpaired) electrons. The Labute approximate surface area is 163 Å². The highest BCUT2D eigenvalue weighted by atomic mass is 79.9. The highest BCUT2D eigenvalue weighted by molar-refractivity contribution is 9.11. The molecule has 3 N–H and O–H groups in total. The number of phenolic OH excluding ortho intramolecular Hbond substituents is 2. The number of carbonyl (C=O) groups excluding carboxylic acids is 1. The van der Waals surface area contributed by atoms with E-state index in [1.54, 1.807) is 0 Å². The van der Waals surface area contributed by atoms with Crippen LogP contribution in [0.1, 0.15) is 5.56 Å². The lowest BCUT2D eigenvalue weighted by atomic mass is 10.2. The third-order valence-corrected chi connectivity index (χ3v) is 4.34. The molecule has 2 aromatic rings. The van der Waals surface area contributed by atoms with Crippen LogP contribution in [0.3, 0.4) is 0 Å². The normalized spacial score (nSPS) is 10.7. The second-order valence-corrected chi connectivity index (χ2v) is 6.44. The number of aromatic hydroxyl groups is 2. The lowest BCUT2D eigenvalue weighted by Gasteiger charge is -2.06. The molecule has 0 aliphatic carbocycles. The molecule has 0 spiro atoms. The van der Waals surface area contributed by atoms with Gasteiger partial charge in [-0.2, -0.15) is 5.10 Å². The van der Waals surface area contributed by atoms with Gasteiger partial charge in [0.1, 0.15) is 21.7 Å². The first kappa shape index (κ1) is 19.7. The smallest absolute Gasteiger partial charge is 0.277 e. The number of nitrogens with zero attached hydrogens (tertiary/aromatic N) is 2. The van der Waals surface area contributed by atoms with Gasteiger partial charge in [0.05, 0.1) is 21.7 Å². The van der Waals surface area contributed by atoms with Crippen LogP contribution in [0.25, 0.3) is 0 Å². The van der Waals surface area contributed by atoms with Gasteiger partial charge in [0, 0.05) is 11.6 Å². The van der Waals surface area contributed by atoms with Gasteiger partial charge >= 0.3 is 0 Å². The van der Waals surface area contributed by atoms with Crippen molar-refractivity contribution >= 4 is 49.7 Å². The van der Waals surface area contributed by atoms with Crippen molar-refractivity contribution in [2.24, 2.45) is 5.10 Å². The molecule has 0 fully saturated rings. The van der Waals surface area contributed by atoms with E-state index in [2.05, 4.69) is 42.4 Å². The average molecular weight is 489 g/mol. The Hall–Kier alpha value is -2.66. The molecule has 9 nitrogen and oxygen atoms in total. The number of amides is 1. The number of non-ortho nitro benzene ring substituents is 1. The van der Waals surface area contributed by atoms with E-state index < -0.39 is 17.4 Å². The molecule has 26 heavy (non-hydrogen) atoms. The van der Waals surface area contributed by atoms with Crippen LogP contribution in [0.15, 0.2) is 44.4 Å². The van der Waals surface area contributed by atoms with E-state index in [-0.39, 0.29) is 33.0 Å². The number of carbonyl (C=O) groups is 1. The molecular weight excluding hydrogens is 478 g/mol. The number of rotatable bonds is 6. The fraction of sp³-hybridized carbons (Fsp3) is 0.0667. The van der Waals surface area contributed by atoms with E-state index in [9.17, 15) is 25.1 Å². The largest absolute Gasteiger partial charge is 0.506 e. The van der Waals surface area contributed by atoms with Crippen LogP contribution in [-0.2, 0) is 4.79 Å². The minimum Gasteiger partial charge on any atom is -0.506 e. The SMILES string of the molecule is O=C(COc1cccc([N+](=O)[O-])c1)N/N=C\c1cc(Br)c(O)c(Br)c1O. The summed E-state index contributed by atoms with van der Waals surface area (Å²) in [6.45, 7) is -0.409. The van der Waals surface area contributed by atoms with Crippen LogP contribution in [-0.4, -0.2) is 33.9 Å². The number of hydrazone groups is 1. The summed E-state index contributed by atoms with van der Waals surface area (Å²) >= 11 is 6.13. The number of hydrogen-bond donors (Lipinski definition) is 3. The quantitative estimate of drug-likeness (QED) is 0.325. The number of hydrogen-bond acceptors (Lipinski definition) is 7. The molecule has 11 heteroatoms. The molecule has 0 aliphatic heterocycles. The second kappa shape index (κ2) is 8.63. The summed E-state index contributed by atoms with van der Waals surface area (Å²) in [6, 6.07) is 6.82. The fourth-order valence-corrected chi connectivity index (χ4v) is 2.91. The monoisotopic (exact) mass is 487 g/mol. The van der Waals surface area contributed by atoms with Crippen molar-refractivity contribution in [3.63, 3.8) is 0 Å². The summed E-state index contributed by atoms with van der Waals surface area (Å²) in [4.78, 5) is 21.8. The van der Waals surface area contributed by atoms with Gasteiger partial charge in [0.15, 0.2) is 6.61 Å². The zero-order valence-corrected chi connectivity index (χ0v) is 16.0. The predicted octanol–water partition coefficient (Wildman–Crippen LogP) is 3.06. The summed E-state index contributed by atoms with van der Waals surface area (Å²) in [6.07, 6.45) is 1.18. The van der Waals surface area contributed by atoms with E-state index in [1.165, 1.54) is 36.5 Å². The number of nitro groups is 1. The second-order valence-electron chi connectivity index (χ2n) is 4.80. The molecule has 0 saturated heterocycles. The van der Waals surface area contributed by atoms with E-state index in [0.29, 0.717) is 4.47 Å². The van der Waals surface area contributed by atoms with Crippen molar-refractivity contribution in [3.8, 4) is 17.2 Å². The van der Waals surface area contributed by atoms with Gasteiger partial charge in [-0.25, -0.2) is 5.43 Å². The van der Waals surface area contributed by atoms with Gasteiger partial charge in [-0.05, 0) is 44.0 Å². The highest BCUT2D eigenvalue weighted by Crippen LogP contribution is 2.40. The molecular formula is C15H11Br2N3O6. The summed E-state index contributed by atoms with van der Waals surface area (Å²) < 4.78 is 5.55. The first-order valence-corrected chi connectivity index (χ1v) is 8.47. The fourth-order valence-electron chi connectivity index (χ4n) is 1.76. The van der Waals surface area contributed by atoms with Gasteiger partial charge < -0.3 is 14.9 Å². The molecule has 2 aromatic carbocycles. The van der Waals surface area contributed by atoms with Crippen LogP contribution in [0.2, 0.25) is 0 Å². The standard InChI is InChI=1S/C15H11Br2N3O6/c16-11-4-8(14(22)13(17)15(11)23)6-18-19-12(21)7-26-10-3-1-2-9(5-10)20(24)25/h1-6,22-23H,7H2,(H,19,21)/b18-6-. The van der Waals surface area contributed by atoms with Crippen molar-refractivity contribution < 1.29 is 24.7 Å². The van der Waals surface area contributed by atoms with Crippen LogP contribution in [0.5, 0.6) is 17.2 Å². The molecule has 0 unspecified atom stereocenters. The molecule has 1 amide bonds.